The van der Waals surface area contributed by atoms with Crippen molar-refractivity contribution >= 4 is 0 Å². The number of rotatable bonds is 3. The first-order valence-corrected chi connectivity index (χ1v) is 8.39. The third-order valence-electron chi connectivity index (χ3n) is 5.79. The van der Waals surface area contributed by atoms with Crippen LogP contribution in [0, 0.1) is 11.8 Å². The Morgan fingerprint density at radius 1 is 1.21 bits per heavy atom. The topological polar surface area (TPSA) is 38.5 Å². The van der Waals surface area contributed by atoms with Crippen LogP contribution in [-0.2, 0) is 4.74 Å². The van der Waals surface area contributed by atoms with Crippen LogP contribution in [0.15, 0.2) is 0 Å². The van der Waals surface area contributed by atoms with Crippen LogP contribution in [0.3, 0.4) is 0 Å². The largest absolute Gasteiger partial charge is 0.375 e. The molecular formula is C16H30N2O. The molecule has 1 saturated heterocycles. The maximum Gasteiger partial charge on any atom is 0.0730 e. The van der Waals surface area contributed by atoms with Crippen LogP contribution in [0.25, 0.3) is 0 Å². The molecule has 3 aliphatic rings. The Balaban J connectivity index is 1.59. The lowest BCUT2D eigenvalue weighted by Gasteiger charge is -2.42. The van der Waals surface area contributed by atoms with Gasteiger partial charge in [0.15, 0.2) is 0 Å². The highest BCUT2D eigenvalue weighted by molar-refractivity contribution is 4.92. The van der Waals surface area contributed by atoms with Crippen molar-refractivity contribution in [1.82, 2.24) is 4.90 Å². The zero-order valence-corrected chi connectivity index (χ0v) is 12.4. The SMILES string of the molecule is CCC1CCC(N)C(CN2CCOC3CCCC32)C1. The van der Waals surface area contributed by atoms with Crippen LogP contribution < -0.4 is 5.73 Å². The standard InChI is InChI=1S/C16H30N2O/c1-2-12-6-7-14(17)13(10-12)11-18-8-9-19-16-5-3-4-15(16)18/h12-16H,2-11,17H2,1H3. The van der Waals surface area contributed by atoms with Crippen molar-refractivity contribution in [3.63, 3.8) is 0 Å². The third kappa shape index (κ3) is 2.98. The van der Waals surface area contributed by atoms with E-state index in [1.807, 2.05) is 0 Å². The molecule has 0 aromatic carbocycles. The van der Waals surface area contributed by atoms with Crippen LogP contribution in [0.1, 0.15) is 51.9 Å². The van der Waals surface area contributed by atoms with Crippen molar-refractivity contribution in [3.8, 4) is 0 Å². The fourth-order valence-electron chi connectivity index (χ4n) is 4.50. The molecule has 3 heteroatoms. The van der Waals surface area contributed by atoms with Crippen LogP contribution in [0.5, 0.6) is 0 Å². The van der Waals surface area contributed by atoms with Gasteiger partial charge < -0.3 is 10.5 Å². The van der Waals surface area contributed by atoms with E-state index in [4.69, 9.17) is 10.5 Å². The molecule has 3 rings (SSSR count). The molecule has 0 bridgehead atoms. The van der Waals surface area contributed by atoms with E-state index in [9.17, 15) is 0 Å². The molecule has 3 nitrogen and oxygen atoms in total. The summed E-state index contributed by atoms with van der Waals surface area (Å²) in [7, 11) is 0. The Labute approximate surface area is 117 Å². The second-order valence-corrected chi connectivity index (χ2v) is 6.91. The van der Waals surface area contributed by atoms with Gasteiger partial charge in [0.25, 0.3) is 0 Å². The van der Waals surface area contributed by atoms with E-state index in [1.54, 1.807) is 0 Å². The van der Waals surface area contributed by atoms with Crippen molar-refractivity contribution in [3.05, 3.63) is 0 Å². The fourth-order valence-corrected chi connectivity index (χ4v) is 4.50. The molecule has 5 unspecified atom stereocenters. The number of ether oxygens (including phenoxy) is 1. The molecule has 0 aromatic heterocycles. The zero-order chi connectivity index (χ0) is 13.2. The minimum atomic E-state index is 0.436. The minimum Gasteiger partial charge on any atom is -0.375 e. The van der Waals surface area contributed by atoms with Crippen molar-refractivity contribution < 1.29 is 4.74 Å². The second-order valence-electron chi connectivity index (χ2n) is 6.91. The molecule has 0 spiro atoms. The van der Waals surface area contributed by atoms with Crippen molar-refractivity contribution in [1.29, 1.82) is 0 Å². The summed E-state index contributed by atoms with van der Waals surface area (Å²) in [6, 6.07) is 1.13. The van der Waals surface area contributed by atoms with Crippen LogP contribution in [0.4, 0.5) is 0 Å². The van der Waals surface area contributed by atoms with Crippen LogP contribution in [-0.4, -0.2) is 42.8 Å². The summed E-state index contributed by atoms with van der Waals surface area (Å²) in [6.07, 6.45) is 9.75. The van der Waals surface area contributed by atoms with Gasteiger partial charge in [-0.2, -0.15) is 0 Å². The number of hydrogen-bond donors (Lipinski definition) is 1. The molecule has 0 radical (unpaired) electrons. The maximum absolute atomic E-state index is 6.39. The van der Waals surface area contributed by atoms with E-state index < -0.39 is 0 Å². The summed E-state index contributed by atoms with van der Waals surface area (Å²) < 4.78 is 5.92. The monoisotopic (exact) mass is 266 g/mol. The first-order chi connectivity index (χ1) is 9.28. The molecule has 2 N–H and O–H groups in total. The first-order valence-electron chi connectivity index (χ1n) is 8.39. The first kappa shape index (κ1) is 13.8. The Morgan fingerprint density at radius 3 is 2.95 bits per heavy atom. The van der Waals surface area contributed by atoms with E-state index in [1.165, 1.54) is 51.5 Å². The fraction of sp³-hybridized carbons (Fsp3) is 1.00. The Bertz CT molecular complexity index is 296. The molecule has 1 aliphatic heterocycles. The van der Waals surface area contributed by atoms with Gasteiger partial charge in [0, 0.05) is 25.2 Å². The lowest BCUT2D eigenvalue weighted by molar-refractivity contribution is -0.0635. The molecule has 110 valence electrons. The second kappa shape index (κ2) is 6.11. The van der Waals surface area contributed by atoms with Gasteiger partial charge in [-0.05, 0) is 50.4 Å². The van der Waals surface area contributed by atoms with Gasteiger partial charge in [-0.25, -0.2) is 0 Å². The average molecular weight is 266 g/mol. The molecule has 2 aliphatic carbocycles. The highest BCUT2D eigenvalue weighted by atomic mass is 16.5. The summed E-state index contributed by atoms with van der Waals surface area (Å²) in [5.74, 6) is 1.64. The van der Waals surface area contributed by atoms with E-state index in [0.29, 0.717) is 18.2 Å². The van der Waals surface area contributed by atoms with Crippen molar-refractivity contribution in [2.75, 3.05) is 19.7 Å². The number of hydrogen-bond acceptors (Lipinski definition) is 3. The average Bonchev–Trinajstić information content (AvgIpc) is 2.90. The lowest BCUT2D eigenvalue weighted by Crippen LogP contribution is -2.52. The molecule has 3 fully saturated rings. The van der Waals surface area contributed by atoms with E-state index in [2.05, 4.69) is 11.8 Å². The van der Waals surface area contributed by atoms with Gasteiger partial charge in [0.1, 0.15) is 0 Å². The minimum absolute atomic E-state index is 0.436. The molecule has 0 aromatic rings. The number of nitrogens with zero attached hydrogens (tertiary/aromatic N) is 1. The smallest absolute Gasteiger partial charge is 0.0730 e. The molecule has 1 heterocycles. The van der Waals surface area contributed by atoms with Crippen molar-refractivity contribution in [2.45, 2.75) is 70.1 Å². The normalized spacial score (nSPS) is 44.2. The molecule has 0 amide bonds. The summed E-state index contributed by atoms with van der Waals surface area (Å²) in [4.78, 5) is 2.71. The highest BCUT2D eigenvalue weighted by Crippen LogP contribution is 2.34. The number of morpholine rings is 1. The zero-order valence-electron chi connectivity index (χ0n) is 12.4. The Kier molecular flexibility index (Phi) is 4.45. The Morgan fingerprint density at radius 2 is 2.11 bits per heavy atom. The van der Waals surface area contributed by atoms with E-state index >= 15 is 0 Å². The highest BCUT2D eigenvalue weighted by Gasteiger charge is 2.38. The van der Waals surface area contributed by atoms with Crippen molar-refractivity contribution in [2.24, 2.45) is 17.6 Å². The van der Waals surface area contributed by atoms with E-state index in [-0.39, 0.29) is 0 Å². The van der Waals surface area contributed by atoms with Gasteiger partial charge in [-0.1, -0.05) is 13.3 Å². The predicted molar refractivity (Wildman–Crippen MR) is 78.0 cm³/mol. The van der Waals surface area contributed by atoms with Crippen LogP contribution in [0.2, 0.25) is 0 Å². The van der Waals surface area contributed by atoms with Gasteiger partial charge in [-0.3, -0.25) is 4.90 Å². The van der Waals surface area contributed by atoms with Gasteiger partial charge >= 0.3 is 0 Å². The molecule has 19 heavy (non-hydrogen) atoms. The predicted octanol–water partition coefficient (Wildman–Crippen LogP) is 2.39. The summed E-state index contributed by atoms with van der Waals surface area (Å²) in [6.45, 7) is 5.62. The number of fused-ring (bicyclic) bond motifs is 1. The van der Waals surface area contributed by atoms with Gasteiger partial charge in [-0.15, -0.1) is 0 Å². The van der Waals surface area contributed by atoms with Crippen LogP contribution >= 0.6 is 0 Å². The lowest BCUT2D eigenvalue weighted by atomic mass is 9.77. The third-order valence-corrected chi connectivity index (χ3v) is 5.79. The number of nitrogens with two attached hydrogens (primary N) is 1. The maximum atomic E-state index is 6.39. The van der Waals surface area contributed by atoms with Gasteiger partial charge in [0.2, 0.25) is 0 Å². The summed E-state index contributed by atoms with van der Waals surface area (Å²) in [5, 5.41) is 0. The molecule has 5 atom stereocenters. The van der Waals surface area contributed by atoms with Gasteiger partial charge in [0.05, 0.1) is 12.7 Å². The molecular weight excluding hydrogens is 236 g/mol. The summed E-state index contributed by atoms with van der Waals surface area (Å²) in [5.41, 5.74) is 6.39. The van der Waals surface area contributed by atoms with E-state index in [0.717, 1.165) is 25.0 Å². The Hall–Kier alpha value is -0.120. The summed E-state index contributed by atoms with van der Waals surface area (Å²) >= 11 is 0. The quantitative estimate of drug-likeness (QED) is 0.852. The molecule has 2 saturated carbocycles.